The molecule has 2 aromatic carbocycles. The van der Waals surface area contributed by atoms with E-state index in [-0.39, 0.29) is 30.3 Å². The van der Waals surface area contributed by atoms with Crippen LogP contribution in [0.15, 0.2) is 60.7 Å². The molecule has 0 aliphatic carbocycles. The van der Waals surface area contributed by atoms with Crippen LogP contribution >= 0.6 is 12.4 Å². The molecule has 0 bridgehead atoms. The third kappa shape index (κ3) is 4.52. The number of likely N-dealkylation sites (tertiary alicyclic amines) is 1. The number of carbonyl (C=O) groups excluding carboxylic acids is 1. The highest BCUT2D eigenvalue weighted by molar-refractivity contribution is 5.94. The van der Waals surface area contributed by atoms with Crippen LogP contribution in [0.5, 0.6) is 0 Å². The van der Waals surface area contributed by atoms with Crippen molar-refractivity contribution in [2.24, 2.45) is 5.73 Å². The number of nitrogens with two attached hydrogens (primary N) is 1. The third-order valence-electron chi connectivity index (χ3n) is 5.49. The molecule has 2 atom stereocenters. The molecule has 6 heteroatoms. The summed E-state index contributed by atoms with van der Waals surface area (Å²) in [6.45, 7) is 5.94. The molecule has 1 aliphatic rings. The Balaban J connectivity index is 0.00000240. The summed E-state index contributed by atoms with van der Waals surface area (Å²) in [5.41, 5.74) is 11.5. The number of amides is 1. The fraction of sp³-hybridized carbons (Fsp3) is 0.304. The maximum Gasteiger partial charge on any atom is 0.253 e. The molecule has 1 fully saturated rings. The predicted molar refractivity (Wildman–Crippen MR) is 118 cm³/mol. The van der Waals surface area contributed by atoms with Gasteiger partial charge in [-0.05, 0) is 43.2 Å². The summed E-state index contributed by atoms with van der Waals surface area (Å²) >= 11 is 0. The molecule has 2 N–H and O–H groups in total. The molecule has 0 unspecified atom stereocenters. The number of hydrogen-bond donors (Lipinski definition) is 1. The van der Waals surface area contributed by atoms with E-state index in [0.717, 1.165) is 17.0 Å². The Labute approximate surface area is 177 Å². The Kier molecular flexibility index (Phi) is 6.40. The monoisotopic (exact) mass is 410 g/mol. The summed E-state index contributed by atoms with van der Waals surface area (Å²) in [5, 5.41) is 4.52. The van der Waals surface area contributed by atoms with Crippen molar-refractivity contribution in [3.05, 3.63) is 88.7 Å². The zero-order valence-electron chi connectivity index (χ0n) is 16.8. The number of halogens is 1. The normalized spacial score (nSPS) is 18.5. The Hall–Kier alpha value is -2.63. The van der Waals surface area contributed by atoms with Crippen molar-refractivity contribution in [3.8, 4) is 0 Å². The number of hydrogen-bond acceptors (Lipinski definition) is 3. The molecule has 4 rings (SSSR count). The predicted octanol–water partition coefficient (Wildman–Crippen LogP) is 3.54. The minimum atomic E-state index is -0.0377. The van der Waals surface area contributed by atoms with E-state index in [1.54, 1.807) is 0 Å². The van der Waals surface area contributed by atoms with E-state index in [1.807, 2.05) is 65.9 Å². The van der Waals surface area contributed by atoms with Gasteiger partial charge in [-0.3, -0.25) is 9.48 Å². The van der Waals surface area contributed by atoms with Crippen molar-refractivity contribution in [1.82, 2.24) is 14.7 Å². The maximum atomic E-state index is 13.1. The van der Waals surface area contributed by atoms with Gasteiger partial charge < -0.3 is 10.6 Å². The van der Waals surface area contributed by atoms with E-state index < -0.39 is 0 Å². The second-order valence-electron chi connectivity index (χ2n) is 7.68. The molecule has 1 amide bonds. The van der Waals surface area contributed by atoms with Crippen LogP contribution in [-0.4, -0.2) is 39.7 Å². The van der Waals surface area contributed by atoms with Gasteiger partial charge in [0.2, 0.25) is 0 Å². The van der Waals surface area contributed by atoms with E-state index >= 15 is 0 Å². The van der Waals surface area contributed by atoms with E-state index in [0.29, 0.717) is 25.2 Å². The molecule has 0 saturated carbocycles. The second kappa shape index (κ2) is 8.80. The quantitative estimate of drug-likeness (QED) is 0.715. The minimum absolute atomic E-state index is 0. The van der Waals surface area contributed by atoms with Crippen LogP contribution in [0.4, 0.5) is 0 Å². The SMILES string of the molecule is Cc1cc(C)n(Cc2cccc(C(=O)N3C[C@@H](N)[C@H](c4ccccc4)C3)c2)n1.Cl. The molecule has 1 saturated heterocycles. The zero-order chi connectivity index (χ0) is 19.7. The van der Waals surface area contributed by atoms with Crippen LogP contribution in [0.2, 0.25) is 0 Å². The summed E-state index contributed by atoms with van der Waals surface area (Å²) in [7, 11) is 0. The first kappa shape index (κ1) is 21.1. The van der Waals surface area contributed by atoms with Gasteiger partial charge in [-0.2, -0.15) is 5.10 Å². The van der Waals surface area contributed by atoms with Gasteiger partial charge in [0.1, 0.15) is 0 Å². The van der Waals surface area contributed by atoms with Crippen LogP contribution in [-0.2, 0) is 6.54 Å². The lowest BCUT2D eigenvalue weighted by molar-refractivity contribution is 0.0789. The Morgan fingerprint density at radius 3 is 2.52 bits per heavy atom. The Bertz CT molecular complexity index is 986. The van der Waals surface area contributed by atoms with Gasteiger partial charge in [-0.1, -0.05) is 42.5 Å². The lowest BCUT2D eigenvalue weighted by atomic mass is 9.95. The smallest absolute Gasteiger partial charge is 0.253 e. The van der Waals surface area contributed by atoms with Gasteiger partial charge in [-0.15, -0.1) is 12.4 Å². The number of aromatic nitrogens is 2. The maximum absolute atomic E-state index is 13.1. The van der Waals surface area contributed by atoms with Gasteiger partial charge in [0, 0.05) is 36.3 Å². The van der Waals surface area contributed by atoms with Crippen LogP contribution in [0.1, 0.15) is 38.8 Å². The number of carbonyl (C=O) groups is 1. The Morgan fingerprint density at radius 1 is 1.07 bits per heavy atom. The highest BCUT2D eigenvalue weighted by Gasteiger charge is 2.34. The molecule has 3 aromatic rings. The molecule has 152 valence electrons. The molecular formula is C23H27ClN4O. The first-order chi connectivity index (χ1) is 13.5. The van der Waals surface area contributed by atoms with Crippen molar-refractivity contribution < 1.29 is 4.79 Å². The zero-order valence-corrected chi connectivity index (χ0v) is 17.6. The molecule has 0 spiro atoms. The van der Waals surface area contributed by atoms with Crippen LogP contribution in [0, 0.1) is 13.8 Å². The highest BCUT2D eigenvalue weighted by atomic mass is 35.5. The molecule has 5 nitrogen and oxygen atoms in total. The topological polar surface area (TPSA) is 64.2 Å². The van der Waals surface area contributed by atoms with Crippen molar-refractivity contribution in [2.75, 3.05) is 13.1 Å². The summed E-state index contributed by atoms with van der Waals surface area (Å²) in [4.78, 5) is 15.0. The largest absolute Gasteiger partial charge is 0.336 e. The average molecular weight is 411 g/mol. The summed E-state index contributed by atoms with van der Waals surface area (Å²) in [6.07, 6.45) is 0. The van der Waals surface area contributed by atoms with Gasteiger partial charge in [0.05, 0.1) is 12.2 Å². The number of benzene rings is 2. The molecule has 0 radical (unpaired) electrons. The fourth-order valence-corrected chi connectivity index (χ4v) is 4.04. The van der Waals surface area contributed by atoms with E-state index in [9.17, 15) is 4.79 Å². The van der Waals surface area contributed by atoms with Gasteiger partial charge in [0.25, 0.3) is 5.91 Å². The fourth-order valence-electron chi connectivity index (χ4n) is 4.04. The summed E-state index contributed by atoms with van der Waals surface area (Å²) < 4.78 is 1.97. The molecule has 1 aliphatic heterocycles. The molecule has 29 heavy (non-hydrogen) atoms. The lowest BCUT2D eigenvalue weighted by Gasteiger charge is -2.17. The first-order valence-corrected chi connectivity index (χ1v) is 9.71. The van der Waals surface area contributed by atoms with E-state index in [1.165, 1.54) is 5.56 Å². The second-order valence-corrected chi connectivity index (χ2v) is 7.68. The summed E-state index contributed by atoms with van der Waals surface area (Å²) in [5.74, 6) is 0.229. The van der Waals surface area contributed by atoms with Gasteiger partial charge in [0.15, 0.2) is 0 Å². The molecule has 1 aromatic heterocycles. The van der Waals surface area contributed by atoms with Crippen molar-refractivity contribution in [3.63, 3.8) is 0 Å². The average Bonchev–Trinajstić information content (AvgIpc) is 3.23. The Morgan fingerprint density at radius 2 is 1.83 bits per heavy atom. The lowest BCUT2D eigenvalue weighted by Crippen LogP contribution is -2.32. The van der Waals surface area contributed by atoms with Crippen molar-refractivity contribution in [2.45, 2.75) is 32.4 Å². The van der Waals surface area contributed by atoms with Crippen LogP contribution in [0.3, 0.4) is 0 Å². The van der Waals surface area contributed by atoms with Crippen molar-refractivity contribution in [1.29, 1.82) is 0 Å². The molecule has 2 heterocycles. The van der Waals surface area contributed by atoms with E-state index in [4.69, 9.17) is 5.73 Å². The minimum Gasteiger partial charge on any atom is -0.336 e. The van der Waals surface area contributed by atoms with Crippen LogP contribution in [0.25, 0.3) is 0 Å². The molecular weight excluding hydrogens is 384 g/mol. The standard InChI is InChI=1S/C23H26N4O.ClH/c1-16-11-17(2)27(25-16)13-18-7-6-10-20(12-18)23(28)26-14-21(22(24)15-26)19-8-4-3-5-9-19;/h3-12,21-22H,13-15,24H2,1-2H3;1H/t21-,22+;/m0./s1. The highest BCUT2D eigenvalue weighted by Crippen LogP contribution is 2.27. The number of aryl methyl sites for hydroxylation is 2. The summed E-state index contributed by atoms with van der Waals surface area (Å²) in [6, 6.07) is 20.1. The number of rotatable bonds is 4. The van der Waals surface area contributed by atoms with Crippen LogP contribution < -0.4 is 5.73 Å². The van der Waals surface area contributed by atoms with Crippen molar-refractivity contribution >= 4 is 18.3 Å². The first-order valence-electron chi connectivity index (χ1n) is 9.71. The van der Waals surface area contributed by atoms with Gasteiger partial charge >= 0.3 is 0 Å². The van der Waals surface area contributed by atoms with Gasteiger partial charge in [-0.25, -0.2) is 0 Å². The van der Waals surface area contributed by atoms with E-state index in [2.05, 4.69) is 23.3 Å². The number of nitrogens with zero attached hydrogens (tertiary/aromatic N) is 3. The third-order valence-corrected chi connectivity index (χ3v) is 5.49.